The molecule has 1 rings (SSSR count). The van der Waals surface area contributed by atoms with Crippen molar-refractivity contribution in [3.05, 3.63) is 66.6 Å². The van der Waals surface area contributed by atoms with Gasteiger partial charge in [0, 0.05) is 0 Å². The second-order valence-electron chi connectivity index (χ2n) is 2.94. The average molecular weight is 201 g/mol. The van der Waals surface area contributed by atoms with Crippen LogP contribution in [0.15, 0.2) is 66.6 Å². The van der Waals surface area contributed by atoms with Crippen LogP contribution in [0.1, 0.15) is 6.92 Å². The molecule has 1 aromatic rings. The van der Waals surface area contributed by atoms with Crippen molar-refractivity contribution >= 4 is 0 Å². The normalized spacial score (nSPS) is 12.3. The summed E-state index contributed by atoms with van der Waals surface area (Å²) in [6.45, 7) is 5.52. The highest BCUT2D eigenvalue weighted by Crippen LogP contribution is 2.14. The molecule has 0 aliphatic carbocycles. The first-order valence-corrected chi connectivity index (χ1v) is 4.75. The fraction of sp³-hybridized carbons (Fsp3) is 0.0769. The third kappa shape index (κ3) is 3.35. The molecule has 2 heteroatoms. The second kappa shape index (κ2) is 5.70. The minimum Gasteiger partial charge on any atom is -0.455 e. The van der Waals surface area contributed by atoms with Gasteiger partial charge in [0.1, 0.15) is 11.5 Å². The van der Waals surface area contributed by atoms with E-state index < -0.39 is 0 Å². The van der Waals surface area contributed by atoms with Crippen LogP contribution in [0.2, 0.25) is 0 Å². The monoisotopic (exact) mass is 201 g/mol. The second-order valence-corrected chi connectivity index (χ2v) is 2.94. The van der Waals surface area contributed by atoms with Crippen LogP contribution in [0.25, 0.3) is 0 Å². The molecule has 0 aromatic heterocycles. The molecule has 0 atom stereocenters. The van der Waals surface area contributed by atoms with Crippen LogP contribution in [-0.2, 0) is 0 Å². The van der Waals surface area contributed by atoms with Gasteiger partial charge in [-0.05, 0) is 31.2 Å². The van der Waals surface area contributed by atoms with Crippen molar-refractivity contribution in [1.29, 1.82) is 0 Å². The highest BCUT2D eigenvalue weighted by Gasteiger charge is 1.99. The van der Waals surface area contributed by atoms with Gasteiger partial charge in [-0.15, -0.1) is 0 Å². The first kappa shape index (κ1) is 11.1. The zero-order valence-electron chi connectivity index (χ0n) is 8.81. The van der Waals surface area contributed by atoms with Crippen molar-refractivity contribution in [3.63, 3.8) is 0 Å². The summed E-state index contributed by atoms with van der Waals surface area (Å²) >= 11 is 0. The Hall–Kier alpha value is -1.96. The Morgan fingerprint density at radius 1 is 1.33 bits per heavy atom. The maximum atomic E-state index is 5.74. The molecular weight excluding hydrogens is 186 g/mol. The largest absolute Gasteiger partial charge is 0.455 e. The quantitative estimate of drug-likeness (QED) is 0.600. The van der Waals surface area contributed by atoms with Crippen LogP contribution in [0.5, 0.6) is 5.75 Å². The number of rotatable bonds is 4. The molecule has 0 aliphatic rings. The molecule has 0 amide bonds. The van der Waals surface area contributed by atoms with Crippen LogP contribution >= 0.6 is 0 Å². The minimum absolute atomic E-state index is 0.525. The van der Waals surface area contributed by atoms with Gasteiger partial charge in [0.25, 0.3) is 0 Å². The zero-order chi connectivity index (χ0) is 11.1. The average Bonchev–Trinajstić information content (AvgIpc) is 2.29. The van der Waals surface area contributed by atoms with E-state index in [0.717, 1.165) is 5.75 Å². The Morgan fingerprint density at radius 3 is 2.53 bits per heavy atom. The molecule has 1 aromatic carbocycles. The minimum atomic E-state index is 0.525. The SMILES string of the molecule is C=C/C(N)=C(\C=C/C)Oc1ccccc1. The van der Waals surface area contributed by atoms with E-state index in [4.69, 9.17) is 10.5 Å². The van der Waals surface area contributed by atoms with Gasteiger partial charge in [0.2, 0.25) is 0 Å². The topological polar surface area (TPSA) is 35.2 Å². The van der Waals surface area contributed by atoms with Gasteiger partial charge in [-0.1, -0.05) is 30.9 Å². The summed E-state index contributed by atoms with van der Waals surface area (Å²) in [4.78, 5) is 0. The van der Waals surface area contributed by atoms with Crippen LogP contribution in [-0.4, -0.2) is 0 Å². The lowest BCUT2D eigenvalue weighted by molar-refractivity contribution is 0.439. The van der Waals surface area contributed by atoms with Crippen molar-refractivity contribution in [1.82, 2.24) is 0 Å². The molecule has 78 valence electrons. The number of para-hydroxylation sites is 1. The number of allylic oxidation sites excluding steroid dienone is 3. The first-order valence-electron chi connectivity index (χ1n) is 4.75. The predicted octanol–water partition coefficient (Wildman–Crippen LogP) is 3.00. The van der Waals surface area contributed by atoms with Gasteiger partial charge in [-0.3, -0.25) is 0 Å². The molecule has 0 saturated carbocycles. The molecule has 0 saturated heterocycles. The summed E-state index contributed by atoms with van der Waals surface area (Å²) in [6.07, 6.45) is 5.25. The molecule has 2 N–H and O–H groups in total. The number of benzene rings is 1. The molecule has 2 nitrogen and oxygen atoms in total. The van der Waals surface area contributed by atoms with E-state index in [1.54, 1.807) is 6.08 Å². The molecule has 0 fully saturated rings. The third-order valence-electron chi connectivity index (χ3n) is 1.79. The lowest BCUT2D eigenvalue weighted by Gasteiger charge is -2.07. The summed E-state index contributed by atoms with van der Waals surface area (Å²) in [5.74, 6) is 1.37. The fourth-order valence-electron chi connectivity index (χ4n) is 1.06. The van der Waals surface area contributed by atoms with Crippen LogP contribution in [0.4, 0.5) is 0 Å². The van der Waals surface area contributed by atoms with E-state index in [1.807, 2.05) is 49.4 Å². The molecule has 15 heavy (non-hydrogen) atoms. The van der Waals surface area contributed by atoms with E-state index in [-0.39, 0.29) is 0 Å². The van der Waals surface area contributed by atoms with Gasteiger partial charge in [-0.2, -0.15) is 0 Å². The van der Waals surface area contributed by atoms with E-state index in [9.17, 15) is 0 Å². The van der Waals surface area contributed by atoms with Crippen LogP contribution in [0, 0.1) is 0 Å². The van der Waals surface area contributed by atoms with Gasteiger partial charge in [0.15, 0.2) is 0 Å². The van der Waals surface area contributed by atoms with Gasteiger partial charge >= 0.3 is 0 Å². The van der Waals surface area contributed by atoms with Crippen molar-refractivity contribution in [2.75, 3.05) is 0 Å². The van der Waals surface area contributed by atoms with Gasteiger partial charge in [0.05, 0.1) is 5.70 Å². The fourth-order valence-corrected chi connectivity index (χ4v) is 1.06. The number of hydrogen-bond donors (Lipinski definition) is 1. The van der Waals surface area contributed by atoms with Crippen molar-refractivity contribution in [2.45, 2.75) is 6.92 Å². The number of ether oxygens (including phenoxy) is 1. The zero-order valence-corrected chi connectivity index (χ0v) is 8.81. The lowest BCUT2D eigenvalue weighted by Crippen LogP contribution is -2.03. The van der Waals surface area contributed by atoms with Gasteiger partial charge < -0.3 is 10.5 Å². The maximum absolute atomic E-state index is 5.74. The Labute approximate surface area is 90.4 Å². The van der Waals surface area contributed by atoms with Gasteiger partial charge in [-0.25, -0.2) is 0 Å². The first-order chi connectivity index (χ1) is 7.27. The van der Waals surface area contributed by atoms with E-state index >= 15 is 0 Å². The van der Waals surface area contributed by atoms with E-state index in [1.165, 1.54) is 0 Å². The molecular formula is C13H15NO. The van der Waals surface area contributed by atoms with Crippen LogP contribution < -0.4 is 10.5 Å². The third-order valence-corrected chi connectivity index (χ3v) is 1.79. The Kier molecular flexibility index (Phi) is 4.23. The molecule has 0 bridgehead atoms. The molecule has 0 heterocycles. The van der Waals surface area contributed by atoms with Crippen molar-refractivity contribution < 1.29 is 4.74 Å². The summed E-state index contributed by atoms with van der Waals surface area (Å²) < 4.78 is 5.60. The number of hydrogen-bond acceptors (Lipinski definition) is 2. The Bertz CT molecular complexity index is 377. The highest BCUT2D eigenvalue weighted by atomic mass is 16.5. The highest BCUT2D eigenvalue weighted by molar-refractivity contribution is 5.31. The van der Waals surface area contributed by atoms with Crippen molar-refractivity contribution in [2.24, 2.45) is 5.73 Å². The van der Waals surface area contributed by atoms with Crippen molar-refractivity contribution in [3.8, 4) is 5.75 Å². The standard InChI is InChI=1S/C13H15NO/c1-3-8-13(12(14)4-2)15-11-9-6-5-7-10-11/h3-10H,2,14H2,1H3/b8-3-,13-12-. The Morgan fingerprint density at radius 2 is 2.00 bits per heavy atom. The van der Waals surface area contributed by atoms with E-state index in [0.29, 0.717) is 11.5 Å². The summed E-state index contributed by atoms with van der Waals surface area (Å²) in [5, 5.41) is 0. The molecule has 0 unspecified atom stereocenters. The summed E-state index contributed by atoms with van der Waals surface area (Å²) in [5.41, 5.74) is 6.26. The summed E-state index contributed by atoms with van der Waals surface area (Å²) in [6, 6.07) is 9.50. The molecule has 0 radical (unpaired) electrons. The maximum Gasteiger partial charge on any atom is 0.149 e. The van der Waals surface area contributed by atoms with Crippen LogP contribution in [0.3, 0.4) is 0 Å². The lowest BCUT2D eigenvalue weighted by atomic mass is 10.3. The summed E-state index contributed by atoms with van der Waals surface area (Å²) in [7, 11) is 0. The van der Waals surface area contributed by atoms with E-state index in [2.05, 4.69) is 6.58 Å². The smallest absolute Gasteiger partial charge is 0.149 e. The predicted molar refractivity (Wildman–Crippen MR) is 63.3 cm³/mol. The number of nitrogens with two attached hydrogens (primary N) is 1. The molecule has 0 aliphatic heterocycles. The Balaban J connectivity index is 2.90. The molecule has 0 spiro atoms.